The molecule has 0 saturated carbocycles. The van der Waals surface area contributed by atoms with Crippen molar-refractivity contribution in [1.29, 1.82) is 0 Å². The summed E-state index contributed by atoms with van der Waals surface area (Å²) in [6.07, 6.45) is 0. The van der Waals surface area contributed by atoms with Crippen LogP contribution in [0.5, 0.6) is 5.75 Å². The van der Waals surface area contributed by atoms with Crippen LogP contribution in [0.1, 0.15) is 13.8 Å². The molecule has 7 nitrogen and oxygen atoms in total. The lowest BCUT2D eigenvalue weighted by Crippen LogP contribution is -2.54. The van der Waals surface area contributed by atoms with Crippen LogP contribution < -0.4 is 10.5 Å². The van der Waals surface area contributed by atoms with Crippen LogP contribution in [0, 0.1) is 0 Å². The van der Waals surface area contributed by atoms with Gasteiger partial charge in [-0.15, -0.1) is 0 Å². The molecule has 0 spiro atoms. The van der Waals surface area contributed by atoms with E-state index in [9.17, 15) is 13.2 Å². The molecule has 0 radical (unpaired) electrons. The predicted octanol–water partition coefficient (Wildman–Crippen LogP) is 0.265. The van der Waals surface area contributed by atoms with Crippen molar-refractivity contribution in [1.82, 2.24) is 9.21 Å². The number of benzene rings is 1. The minimum Gasteiger partial charge on any atom is -0.494 e. The zero-order valence-electron chi connectivity index (χ0n) is 13.4. The molecule has 2 rings (SSSR count). The summed E-state index contributed by atoms with van der Waals surface area (Å²) in [5.41, 5.74) is 5.29. The van der Waals surface area contributed by atoms with Gasteiger partial charge >= 0.3 is 0 Å². The summed E-state index contributed by atoms with van der Waals surface area (Å²) in [5, 5.41) is 0. The Kier molecular flexibility index (Phi) is 5.61. The zero-order valence-corrected chi connectivity index (χ0v) is 14.3. The summed E-state index contributed by atoms with van der Waals surface area (Å²) >= 11 is 0. The molecule has 1 fully saturated rings. The Hall–Kier alpha value is -1.64. The van der Waals surface area contributed by atoms with E-state index in [-0.39, 0.29) is 10.9 Å². The second-order valence-corrected chi connectivity index (χ2v) is 7.36. The quantitative estimate of drug-likeness (QED) is 0.801. The molecule has 0 bridgehead atoms. The molecule has 1 atom stereocenters. The fraction of sp³-hybridized carbons (Fsp3) is 0.533. The molecular weight excluding hydrogens is 318 g/mol. The molecule has 1 unspecified atom stereocenters. The lowest BCUT2D eigenvalue weighted by atomic mass is 10.2. The lowest BCUT2D eigenvalue weighted by molar-refractivity contribution is -0.123. The zero-order chi connectivity index (χ0) is 17.0. The van der Waals surface area contributed by atoms with E-state index in [1.54, 1.807) is 31.2 Å². The molecule has 2 N–H and O–H groups in total. The monoisotopic (exact) mass is 341 g/mol. The van der Waals surface area contributed by atoms with Crippen molar-refractivity contribution in [2.75, 3.05) is 32.8 Å². The maximum absolute atomic E-state index is 12.6. The molecule has 0 aliphatic carbocycles. The van der Waals surface area contributed by atoms with Crippen LogP contribution in [0.25, 0.3) is 0 Å². The smallest absolute Gasteiger partial charge is 0.243 e. The number of rotatable bonds is 6. The third kappa shape index (κ3) is 4.01. The van der Waals surface area contributed by atoms with E-state index in [1.807, 2.05) is 11.8 Å². The van der Waals surface area contributed by atoms with E-state index >= 15 is 0 Å². The van der Waals surface area contributed by atoms with Gasteiger partial charge < -0.3 is 10.5 Å². The van der Waals surface area contributed by atoms with Gasteiger partial charge in [0, 0.05) is 26.2 Å². The van der Waals surface area contributed by atoms with E-state index in [0.29, 0.717) is 38.5 Å². The largest absolute Gasteiger partial charge is 0.494 e. The standard InChI is InChI=1S/C15H23N3O4S/c1-3-22-13-4-6-14(7-5-13)23(20,21)18-10-8-17(9-11-18)12(2)15(16)19/h4-7,12H,3,8-11H2,1-2H3,(H2,16,19). The van der Waals surface area contributed by atoms with E-state index in [2.05, 4.69) is 0 Å². The first kappa shape index (κ1) is 17.7. The maximum Gasteiger partial charge on any atom is 0.243 e. The van der Waals surface area contributed by atoms with Crippen molar-refractivity contribution in [3.05, 3.63) is 24.3 Å². The predicted molar refractivity (Wildman–Crippen MR) is 86.6 cm³/mol. The highest BCUT2D eigenvalue weighted by molar-refractivity contribution is 7.89. The number of amides is 1. The van der Waals surface area contributed by atoms with Crippen molar-refractivity contribution in [2.45, 2.75) is 24.8 Å². The van der Waals surface area contributed by atoms with Crippen molar-refractivity contribution in [3.8, 4) is 5.75 Å². The molecule has 23 heavy (non-hydrogen) atoms. The first-order valence-corrected chi connectivity index (χ1v) is 9.06. The van der Waals surface area contributed by atoms with Gasteiger partial charge in [-0.2, -0.15) is 4.31 Å². The maximum atomic E-state index is 12.6. The van der Waals surface area contributed by atoms with Gasteiger partial charge in [-0.25, -0.2) is 8.42 Å². The number of primary amides is 1. The summed E-state index contributed by atoms with van der Waals surface area (Å²) in [6, 6.07) is 6.03. The SMILES string of the molecule is CCOc1ccc(S(=O)(=O)N2CCN(C(C)C(N)=O)CC2)cc1. The summed E-state index contributed by atoms with van der Waals surface area (Å²) in [4.78, 5) is 13.4. The van der Waals surface area contributed by atoms with Crippen LogP contribution >= 0.6 is 0 Å². The molecule has 128 valence electrons. The lowest BCUT2D eigenvalue weighted by Gasteiger charge is -2.36. The Labute approximate surface area is 137 Å². The number of ether oxygens (including phenoxy) is 1. The normalized spacial score (nSPS) is 18.5. The summed E-state index contributed by atoms with van der Waals surface area (Å²) in [6.45, 7) is 5.79. The van der Waals surface area contributed by atoms with Crippen LogP contribution in [0.2, 0.25) is 0 Å². The highest BCUT2D eigenvalue weighted by Gasteiger charge is 2.31. The third-order valence-corrected chi connectivity index (χ3v) is 5.92. The minimum absolute atomic E-state index is 0.248. The number of carbonyl (C=O) groups is 1. The van der Waals surface area contributed by atoms with Crippen molar-refractivity contribution in [2.24, 2.45) is 5.73 Å². The topological polar surface area (TPSA) is 92.9 Å². The van der Waals surface area contributed by atoms with Gasteiger partial charge in [-0.05, 0) is 38.1 Å². The number of hydrogen-bond donors (Lipinski definition) is 1. The van der Waals surface area contributed by atoms with Gasteiger partial charge in [0.1, 0.15) is 5.75 Å². The first-order valence-electron chi connectivity index (χ1n) is 7.62. The van der Waals surface area contributed by atoms with Gasteiger partial charge in [-0.3, -0.25) is 9.69 Å². The Morgan fingerprint density at radius 2 is 1.78 bits per heavy atom. The summed E-state index contributed by atoms with van der Waals surface area (Å²) in [7, 11) is -3.53. The average molecular weight is 341 g/mol. The van der Waals surface area contributed by atoms with Crippen LogP contribution in [0.4, 0.5) is 0 Å². The minimum atomic E-state index is -3.53. The first-order chi connectivity index (χ1) is 10.9. The van der Waals surface area contributed by atoms with E-state index in [1.165, 1.54) is 4.31 Å². The van der Waals surface area contributed by atoms with E-state index in [4.69, 9.17) is 10.5 Å². The third-order valence-electron chi connectivity index (χ3n) is 4.01. The van der Waals surface area contributed by atoms with Crippen LogP contribution in [-0.4, -0.2) is 62.4 Å². The van der Waals surface area contributed by atoms with Gasteiger partial charge in [0.2, 0.25) is 15.9 Å². The van der Waals surface area contributed by atoms with Gasteiger partial charge in [-0.1, -0.05) is 0 Å². The highest BCUT2D eigenvalue weighted by Crippen LogP contribution is 2.21. The molecule has 1 saturated heterocycles. The number of piperazine rings is 1. The number of sulfonamides is 1. The van der Waals surface area contributed by atoms with Crippen molar-refractivity contribution < 1.29 is 17.9 Å². The summed E-state index contributed by atoms with van der Waals surface area (Å²) in [5.74, 6) is 0.249. The van der Waals surface area contributed by atoms with Crippen LogP contribution in [0.3, 0.4) is 0 Å². The molecule has 0 aromatic heterocycles. The molecule has 1 aromatic carbocycles. The van der Waals surface area contributed by atoms with Gasteiger partial charge in [0.25, 0.3) is 0 Å². The Bertz CT molecular complexity index is 637. The highest BCUT2D eigenvalue weighted by atomic mass is 32.2. The fourth-order valence-electron chi connectivity index (χ4n) is 2.53. The molecular formula is C15H23N3O4S. The van der Waals surface area contributed by atoms with Crippen molar-refractivity contribution in [3.63, 3.8) is 0 Å². The molecule has 1 heterocycles. The number of carbonyl (C=O) groups excluding carboxylic acids is 1. The molecule has 8 heteroatoms. The Balaban J connectivity index is 2.05. The summed E-state index contributed by atoms with van der Waals surface area (Å²) < 4.78 is 32.0. The molecule has 1 aliphatic rings. The Morgan fingerprint density at radius 3 is 2.26 bits per heavy atom. The molecule has 1 aliphatic heterocycles. The van der Waals surface area contributed by atoms with Crippen molar-refractivity contribution >= 4 is 15.9 Å². The van der Waals surface area contributed by atoms with Crippen LogP contribution in [0.15, 0.2) is 29.2 Å². The number of nitrogens with zero attached hydrogens (tertiary/aromatic N) is 2. The number of nitrogens with two attached hydrogens (primary N) is 1. The van der Waals surface area contributed by atoms with E-state index in [0.717, 1.165) is 0 Å². The van der Waals surface area contributed by atoms with Gasteiger partial charge in [0.05, 0.1) is 17.5 Å². The van der Waals surface area contributed by atoms with Gasteiger partial charge in [0.15, 0.2) is 0 Å². The number of hydrogen-bond acceptors (Lipinski definition) is 5. The fourth-order valence-corrected chi connectivity index (χ4v) is 3.96. The van der Waals surface area contributed by atoms with Crippen LogP contribution in [-0.2, 0) is 14.8 Å². The second kappa shape index (κ2) is 7.29. The molecule has 1 amide bonds. The average Bonchev–Trinajstić information content (AvgIpc) is 2.55. The second-order valence-electron chi connectivity index (χ2n) is 5.42. The molecule has 1 aromatic rings. The Morgan fingerprint density at radius 1 is 1.22 bits per heavy atom. The van der Waals surface area contributed by atoms with E-state index < -0.39 is 15.9 Å².